The first-order chi connectivity index (χ1) is 35.0. The zero-order valence-corrected chi connectivity index (χ0v) is 40.9. The molecule has 0 bridgehead atoms. The van der Waals surface area contributed by atoms with E-state index in [1.807, 2.05) is 12.1 Å². The number of hydrogen-bond donors (Lipinski definition) is 1. The second-order valence-corrected chi connectivity index (χ2v) is 20.4. The summed E-state index contributed by atoms with van der Waals surface area (Å²) in [6.07, 6.45) is 15.2. The quantitative estimate of drug-likeness (QED) is 0.0729. The van der Waals surface area contributed by atoms with Gasteiger partial charge in [-0.15, -0.1) is 6.42 Å². The van der Waals surface area contributed by atoms with Crippen LogP contribution in [0.5, 0.6) is 11.8 Å². The third-order valence-electron chi connectivity index (χ3n) is 15.7. The van der Waals surface area contributed by atoms with E-state index in [0.29, 0.717) is 52.2 Å². The molecule has 3 aromatic carbocycles. The number of imide groups is 1. The molecule has 2 amide bonds. The van der Waals surface area contributed by atoms with Gasteiger partial charge in [-0.1, -0.05) is 12.0 Å². The number of aryl methyl sites for hydroxylation is 1. The van der Waals surface area contributed by atoms with E-state index in [1.54, 1.807) is 36.0 Å². The number of piperazine rings is 1. The Morgan fingerprint density at radius 3 is 2.38 bits per heavy atom. The molecule has 16 nitrogen and oxygen atoms in total. The van der Waals surface area contributed by atoms with Crippen molar-refractivity contribution in [3.8, 4) is 35.4 Å². The van der Waals surface area contributed by atoms with E-state index in [0.717, 1.165) is 122 Å². The molecule has 11 rings (SSSR count). The average Bonchev–Trinajstić information content (AvgIpc) is 4.12. The maximum absolute atomic E-state index is 17.3. The zero-order valence-electron chi connectivity index (χ0n) is 40.9. The number of carbonyl (C=O) groups is 2. The number of fused-ring (bicyclic) bond motifs is 3. The van der Waals surface area contributed by atoms with Gasteiger partial charge in [0.25, 0.3) is 0 Å². The molecular weight excluding hydrogens is 923 g/mol. The van der Waals surface area contributed by atoms with Crippen molar-refractivity contribution < 1.29 is 32.6 Å². The lowest BCUT2D eigenvalue weighted by molar-refractivity contribution is -0.135. The fourth-order valence-electron chi connectivity index (χ4n) is 11.4. The van der Waals surface area contributed by atoms with Crippen LogP contribution in [-0.4, -0.2) is 132 Å². The average molecular weight is 983 g/mol. The normalized spacial score (nSPS) is 20.1. The topological polar surface area (TPSA) is 152 Å². The number of piperidine rings is 3. The van der Waals surface area contributed by atoms with Crippen LogP contribution in [0.3, 0.4) is 0 Å². The van der Waals surface area contributed by atoms with Gasteiger partial charge in [0.05, 0.1) is 28.6 Å². The summed E-state index contributed by atoms with van der Waals surface area (Å²) in [5, 5.41) is 3.77. The Morgan fingerprint density at radius 1 is 0.861 bits per heavy atom. The number of amides is 2. The molecule has 3 aromatic heterocycles. The van der Waals surface area contributed by atoms with Crippen LogP contribution in [-0.2, 0) is 21.4 Å². The number of nitrogens with zero attached hydrogens (tertiary/aromatic N) is 9. The van der Waals surface area contributed by atoms with Crippen molar-refractivity contribution in [1.82, 2.24) is 39.2 Å². The number of terminal acetylenes is 1. The van der Waals surface area contributed by atoms with E-state index in [4.69, 9.17) is 30.6 Å². The standard InChI is InChI=1S/C54H60F2N10O6/c1-4-38-41(55)10-8-35-26-37(72-33-70-3)28-39(46(35)38)48-47(56)49-40(29-57-48)50(65-18-6-5-7-19-65)60-52(59-49)71-32-54(16-17-54)31-63-24-22-62(23-25-63)30-34-14-20-64(21-15-34)36-9-11-42-44(27-36)61(2)53(69)66(42)43-12-13-45(67)58-51(43)68/h1,8-11,26-29,34,43H,5-7,12-25,30-33H2,2-3H3,(H,58,67,68). The van der Waals surface area contributed by atoms with E-state index in [9.17, 15) is 14.4 Å². The lowest BCUT2D eigenvalue weighted by Gasteiger charge is -2.40. The first-order valence-corrected chi connectivity index (χ1v) is 25.3. The summed E-state index contributed by atoms with van der Waals surface area (Å²) in [5.74, 6) is 2.01. The second kappa shape index (κ2) is 19.7. The van der Waals surface area contributed by atoms with Crippen molar-refractivity contribution >= 4 is 56.0 Å². The maximum atomic E-state index is 17.3. The summed E-state index contributed by atoms with van der Waals surface area (Å²) in [6.45, 7) is 9.68. The fourth-order valence-corrected chi connectivity index (χ4v) is 11.4. The molecular formula is C54H60F2N10O6. The molecule has 1 atom stereocenters. The van der Waals surface area contributed by atoms with Gasteiger partial charge in [0, 0.05) is 114 Å². The molecule has 1 aliphatic carbocycles. The summed E-state index contributed by atoms with van der Waals surface area (Å²) >= 11 is 0. The fraction of sp³-hybridized carbons (Fsp3) is 0.481. The lowest BCUT2D eigenvalue weighted by Crippen LogP contribution is -2.50. The predicted octanol–water partition coefficient (Wildman–Crippen LogP) is 6.40. The van der Waals surface area contributed by atoms with Crippen LogP contribution in [0.4, 0.5) is 20.3 Å². The Hall–Kier alpha value is -6.68. The first kappa shape index (κ1) is 47.6. The third-order valence-corrected chi connectivity index (χ3v) is 15.7. The van der Waals surface area contributed by atoms with Gasteiger partial charge in [-0.25, -0.2) is 13.6 Å². The number of hydrogen-bond acceptors (Lipinski definition) is 13. The Labute approximate surface area is 416 Å². The Kier molecular flexibility index (Phi) is 13.1. The number of benzene rings is 3. The summed E-state index contributed by atoms with van der Waals surface area (Å²) in [5.41, 5.74) is 2.54. The number of carbonyl (C=O) groups excluding carboxylic acids is 2. The maximum Gasteiger partial charge on any atom is 0.329 e. The van der Waals surface area contributed by atoms with Gasteiger partial charge < -0.3 is 33.8 Å². The van der Waals surface area contributed by atoms with Gasteiger partial charge in [0.15, 0.2) is 12.6 Å². The minimum absolute atomic E-state index is 0.00226. The molecule has 18 heteroatoms. The van der Waals surface area contributed by atoms with Gasteiger partial charge in [-0.2, -0.15) is 9.97 Å². The van der Waals surface area contributed by atoms with Crippen LogP contribution < -0.4 is 30.3 Å². The largest absolute Gasteiger partial charge is 0.468 e. The molecule has 5 fully saturated rings. The zero-order chi connectivity index (χ0) is 49.7. The molecule has 1 N–H and O–H groups in total. The monoisotopic (exact) mass is 982 g/mol. The lowest BCUT2D eigenvalue weighted by atomic mass is 9.95. The van der Waals surface area contributed by atoms with Gasteiger partial charge in [-0.05, 0) is 99.1 Å². The number of nitrogens with one attached hydrogen (secondary N) is 1. The predicted molar refractivity (Wildman–Crippen MR) is 270 cm³/mol. The summed E-state index contributed by atoms with van der Waals surface area (Å²) < 4.78 is 53.0. The summed E-state index contributed by atoms with van der Waals surface area (Å²) in [6, 6.07) is 11.6. The SMILES string of the molecule is C#Cc1c(F)ccc2cc(OCOC)cc(-c3ncc4c(N5CCCCC5)nc(OCC5(CN6CCN(CC7CCN(c8ccc9c(c8)n(C)c(=O)n9C8CCC(=O)NC8=O)CC7)CC6)CC5)nc4c3F)c12. The molecule has 1 saturated carbocycles. The van der Waals surface area contributed by atoms with Gasteiger partial charge in [0.2, 0.25) is 11.8 Å². The third kappa shape index (κ3) is 9.22. The van der Waals surface area contributed by atoms with E-state index >= 15 is 8.78 Å². The number of pyridine rings is 1. The van der Waals surface area contributed by atoms with Crippen molar-refractivity contribution in [3.05, 3.63) is 76.3 Å². The number of rotatable bonds is 14. The Morgan fingerprint density at radius 2 is 1.64 bits per heavy atom. The highest BCUT2D eigenvalue weighted by Gasteiger charge is 2.45. The smallest absolute Gasteiger partial charge is 0.329 e. The molecule has 72 heavy (non-hydrogen) atoms. The molecule has 0 radical (unpaired) electrons. The molecule has 4 saturated heterocycles. The van der Waals surface area contributed by atoms with Gasteiger partial charge in [0.1, 0.15) is 34.6 Å². The molecule has 5 aliphatic rings. The van der Waals surface area contributed by atoms with Gasteiger partial charge in [-0.3, -0.25) is 29.0 Å². The Bertz CT molecular complexity index is 3180. The number of methoxy groups -OCH3 is 1. The molecule has 6 aromatic rings. The first-order valence-electron chi connectivity index (χ1n) is 25.3. The highest BCUT2D eigenvalue weighted by molar-refractivity contribution is 6.03. The molecule has 376 valence electrons. The van der Waals surface area contributed by atoms with Crippen molar-refractivity contribution in [2.24, 2.45) is 18.4 Å². The van der Waals surface area contributed by atoms with Crippen molar-refractivity contribution in [3.63, 3.8) is 0 Å². The molecule has 7 heterocycles. The number of imidazole rings is 1. The highest BCUT2D eigenvalue weighted by Crippen LogP contribution is 2.47. The van der Waals surface area contributed by atoms with Crippen LogP contribution in [0.15, 0.2) is 53.5 Å². The van der Waals surface area contributed by atoms with Crippen LogP contribution in [0.1, 0.15) is 69.4 Å². The Balaban J connectivity index is 0.734. The highest BCUT2D eigenvalue weighted by atomic mass is 19.1. The van der Waals surface area contributed by atoms with E-state index < -0.39 is 23.6 Å². The van der Waals surface area contributed by atoms with Crippen LogP contribution in [0, 0.1) is 35.3 Å². The van der Waals surface area contributed by atoms with Crippen molar-refractivity contribution in [2.75, 3.05) is 95.8 Å². The van der Waals surface area contributed by atoms with Crippen LogP contribution in [0.2, 0.25) is 0 Å². The number of halogens is 2. The molecule has 4 aliphatic heterocycles. The second-order valence-electron chi connectivity index (χ2n) is 20.4. The van der Waals surface area contributed by atoms with E-state index in [2.05, 4.69) is 41.9 Å². The minimum Gasteiger partial charge on any atom is -0.468 e. The summed E-state index contributed by atoms with van der Waals surface area (Å²) in [7, 11) is 3.24. The minimum atomic E-state index is -0.703. The molecule has 1 unspecified atom stereocenters. The van der Waals surface area contributed by atoms with Gasteiger partial charge >= 0.3 is 11.7 Å². The van der Waals surface area contributed by atoms with Crippen LogP contribution >= 0.6 is 0 Å². The summed E-state index contributed by atoms with van der Waals surface area (Å²) in [4.78, 5) is 61.8. The van der Waals surface area contributed by atoms with Crippen molar-refractivity contribution in [1.29, 1.82) is 0 Å². The van der Waals surface area contributed by atoms with E-state index in [1.165, 1.54) is 17.7 Å². The van der Waals surface area contributed by atoms with Crippen LogP contribution in [0.25, 0.3) is 44.0 Å². The number of aromatic nitrogens is 5. The molecule has 0 spiro atoms. The van der Waals surface area contributed by atoms with E-state index in [-0.39, 0.29) is 58.6 Å². The van der Waals surface area contributed by atoms with Crippen molar-refractivity contribution in [2.45, 2.75) is 63.8 Å². The number of ether oxygens (including phenoxy) is 3. The number of anilines is 2.